The number of rotatable bonds is 5. The van der Waals surface area contributed by atoms with Crippen LogP contribution in [0.15, 0.2) is 12.1 Å². The zero-order chi connectivity index (χ0) is 13.9. The van der Waals surface area contributed by atoms with Gasteiger partial charge in [0.2, 0.25) is 0 Å². The van der Waals surface area contributed by atoms with Crippen LogP contribution in [0, 0.1) is 5.82 Å². The molecule has 4 nitrogen and oxygen atoms in total. The highest BCUT2D eigenvalue weighted by atomic mass is 32.2. The fraction of sp³-hybridized carbons (Fsp3) is 0.417. The predicted octanol–water partition coefficient (Wildman–Crippen LogP) is 2.66. The summed E-state index contributed by atoms with van der Waals surface area (Å²) in [6.45, 7) is 4.61. The van der Waals surface area contributed by atoms with Gasteiger partial charge in [-0.25, -0.2) is 9.18 Å². The molecule has 0 spiro atoms. The normalized spacial score (nSPS) is 11.3. The summed E-state index contributed by atoms with van der Waals surface area (Å²) in [5, 5.41) is 12.1. The van der Waals surface area contributed by atoms with Crippen molar-refractivity contribution in [2.45, 2.75) is 18.6 Å². The topological polar surface area (TPSA) is 75.3 Å². The van der Waals surface area contributed by atoms with E-state index in [9.17, 15) is 9.18 Å². The van der Waals surface area contributed by atoms with Crippen molar-refractivity contribution in [2.75, 3.05) is 23.9 Å². The first kappa shape index (κ1) is 14.6. The Hall–Kier alpha value is -1.43. The molecule has 6 heteroatoms. The lowest BCUT2D eigenvalue weighted by atomic mass is 10.1. The highest BCUT2D eigenvalue weighted by Crippen LogP contribution is 2.27. The molecule has 0 heterocycles. The molecule has 0 bridgehead atoms. The number of hydrogen-bond donors (Lipinski definition) is 3. The van der Waals surface area contributed by atoms with Gasteiger partial charge in [0.05, 0.1) is 11.4 Å². The van der Waals surface area contributed by atoms with Crippen LogP contribution < -0.4 is 11.1 Å². The summed E-state index contributed by atoms with van der Waals surface area (Å²) in [5.41, 5.74) is 5.24. The Morgan fingerprint density at radius 1 is 1.56 bits per heavy atom. The van der Waals surface area contributed by atoms with Gasteiger partial charge in [0.1, 0.15) is 11.4 Å². The lowest BCUT2D eigenvalue weighted by molar-refractivity contribution is 0.0698. The molecule has 0 atom stereocenters. The number of nitrogens with two attached hydrogens (primary N) is 1. The zero-order valence-corrected chi connectivity index (χ0v) is 11.4. The summed E-state index contributed by atoms with van der Waals surface area (Å²) in [6, 6.07) is 2.56. The van der Waals surface area contributed by atoms with Crippen molar-refractivity contribution in [3.8, 4) is 0 Å². The second-order valence-corrected chi connectivity index (χ2v) is 6.02. The maximum Gasteiger partial charge on any atom is 0.340 e. The Bertz CT molecular complexity index is 464. The highest BCUT2D eigenvalue weighted by Gasteiger charge is 2.20. The monoisotopic (exact) mass is 272 g/mol. The van der Waals surface area contributed by atoms with Crippen molar-refractivity contribution in [3.63, 3.8) is 0 Å². The standard InChI is InChI=1S/C12H17FN2O2S/c1-12(2,18-3)6-15-8-5-4-7(13)10(14)9(8)11(16)17/h4-5,15H,6,14H2,1-3H3,(H,16,17). The molecule has 4 N–H and O–H groups in total. The van der Waals surface area contributed by atoms with Crippen LogP contribution in [0.1, 0.15) is 24.2 Å². The van der Waals surface area contributed by atoms with Crippen LogP contribution in [0.4, 0.5) is 15.8 Å². The van der Waals surface area contributed by atoms with Crippen molar-refractivity contribution < 1.29 is 14.3 Å². The average Bonchev–Trinajstić information content (AvgIpc) is 2.30. The number of anilines is 2. The van der Waals surface area contributed by atoms with Gasteiger partial charge < -0.3 is 16.2 Å². The molecule has 18 heavy (non-hydrogen) atoms. The molecule has 0 aliphatic heterocycles. The van der Waals surface area contributed by atoms with Gasteiger partial charge in [-0.1, -0.05) is 0 Å². The minimum absolute atomic E-state index is 0.0566. The molecule has 1 aromatic carbocycles. The highest BCUT2D eigenvalue weighted by molar-refractivity contribution is 7.99. The maximum absolute atomic E-state index is 13.2. The first-order chi connectivity index (χ1) is 8.28. The van der Waals surface area contributed by atoms with E-state index < -0.39 is 11.8 Å². The zero-order valence-electron chi connectivity index (χ0n) is 10.6. The number of hydrogen-bond acceptors (Lipinski definition) is 4. The molecule has 0 amide bonds. The number of nitrogen functional groups attached to an aromatic ring is 1. The van der Waals surface area contributed by atoms with Gasteiger partial charge in [-0.05, 0) is 32.2 Å². The van der Waals surface area contributed by atoms with Crippen molar-refractivity contribution in [3.05, 3.63) is 23.5 Å². The molecule has 0 saturated heterocycles. The van der Waals surface area contributed by atoms with Gasteiger partial charge in [0.15, 0.2) is 0 Å². The Morgan fingerprint density at radius 3 is 2.67 bits per heavy atom. The quantitative estimate of drug-likeness (QED) is 0.718. The lowest BCUT2D eigenvalue weighted by Gasteiger charge is -2.23. The van der Waals surface area contributed by atoms with Crippen LogP contribution in [0.25, 0.3) is 0 Å². The first-order valence-corrected chi connectivity index (χ1v) is 6.61. The molecule has 1 aromatic rings. The summed E-state index contributed by atoms with van der Waals surface area (Å²) in [6.07, 6.45) is 1.97. The second kappa shape index (κ2) is 5.48. The second-order valence-electron chi connectivity index (χ2n) is 4.51. The minimum atomic E-state index is -1.24. The fourth-order valence-electron chi connectivity index (χ4n) is 1.35. The van der Waals surface area contributed by atoms with Gasteiger partial charge in [0, 0.05) is 11.3 Å². The Balaban J connectivity index is 3.03. The number of carboxylic acids is 1. The number of aromatic carboxylic acids is 1. The van der Waals surface area contributed by atoms with E-state index in [4.69, 9.17) is 10.8 Å². The number of thioether (sulfide) groups is 1. The Morgan fingerprint density at radius 2 is 2.17 bits per heavy atom. The van der Waals surface area contributed by atoms with Crippen molar-refractivity contribution in [2.24, 2.45) is 0 Å². The minimum Gasteiger partial charge on any atom is -0.478 e. The number of carboxylic acid groups (broad SMARTS) is 1. The van der Waals surface area contributed by atoms with E-state index in [1.807, 2.05) is 20.1 Å². The van der Waals surface area contributed by atoms with Gasteiger partial charge in [-0.2, -0.15) is 11.8 Å². The predicted molar refractivity (Wildman–Crippen MR) is 73.9 cm³/mol. The van der Waals surface area contributed by atoms with Crippen LogP contribution in [-0.4, -0.2) is 28.6 Å². The maximum atomic E-state index is 13.2. The van der Waals surface area contributed by atoms with Gasteiger partial charge in [-0.3, -0.25) is 0 Å². The van der Waals surface area contributed by atoms with E-state index in [-0.39, 0.29) is 16.0 Å². The third kappa shape index (κ3) is 3.29. The summed E-state index contributed by atoms with van der Waals surface area (Å²) >= 11 is 1.65. The molecule has 0 saturated carbocycles. The molecular formula is C12H17FN2O2S. The third-order valence-electron chi connectivity index (χ3n) is 2.66. The Labute approximate surface area is 110 Å². The summed E-state index contributed by atoms with van der Waals surface area (Å²) < 4.78 is 13.2. The van der Waals surface area contributed by atoms with Crippen LogP contribution in [0.3, 0.4) is 0 Å². The van der Waals surface area contributed by atoms with Crippen LogP contribution in [0.2, 0.25) is 0 Å². The van der Waals surface area contributed by atoms with Crippen LogP contribution in [0.5, 0.6) is 0 Å². The Kier molecular flexibility index (Phi) is 4.45. The molecule has 0 unspecified atom stereocenters. The number of nitrogens with one attached hydrogen (secondary N) is 1. The SMILES string of the molecule is CSC(C)(C)CNc1ccc(F)c(N)c1C(=O)O. The molecule has 0 aromatic heterocycles. The summed E-state index contributed by atoms with van der Waals surface area (Å²) in [4.78, 5) is 11.1. The number of carbonyl (C=O) groups is 1. The molecule has 100 valence electrons. The molecule has 0 aliphatic carbocycles. The smallest absolute Gasteiger partial charge is 0.340 e. The van der Waals surface area contributed by atoms with E-state index in [0.717, 1.165) is 6.07 Å². The number of halogens is 1. The molecule has 1 rings (SSSR count). The van der Waals surface area contributed by atoms with Gasteiger partial charge in [0.25, 0.3) is 0 Å². The van der Waals surface area contributed by atoms with E-state index in [1.54, 1.807) is 11.8 Å². The van der Waals surface area contributed by atoms with E-state index in [2.05, 4.69) is 5.32 Å². The average molecular weight is 272 g/mol. The van der Waals surface area contributed by atoms with E-state index >= 15 is 0 Å². The van der Waals surface area contributed by atoms with Crippen LogP contribution >= 0.6 is 11.8 Å². The van der Waals surface area contributed by atoms with E-state index in [0.29, 0.717) is 12.2 Å². The first-order valence-electron chi connectivity index (χ1n) is 5.39. The molecule has 0 fully saturated rings. The van der Waals surface area contributed by atoms with Gasteiger partial charge in [-0.15, -0.1) is 0 Å². The summed E-state index contributed by atoms with van der Waals surface area (Å²) in [7, 11) is 0. The van der Waals surface area contributed by atoms with Crippen molar-refractivity contribution in [1.29, 1.82) is 0 Å². The molecule has 0 radical (unpaired) electrons. The lowest BCUT2D eigenvalue weighted by Crippen LogP contribution is -2.26. The molecular weight excluding hydrogens is 255 g/mol. The fourth-order valence-corrected chi connectivity index (χ4v) is 1.57. The van der Waals surface area contributed by atoms with Crippen molar-refractivity contribution >= 4 is 29.1 Å². The third-order valence-corrected chi connectivity index (χ3v) is 3.91. The largest absolute Gasteiger partial charge is 0.478 e. The van der Waals surface area contributed by atoms with Crippen LogP contribution in [-0.2, 0) is 0 Å². The van der Waals surface area contributed by atoms with Gasteiger partial charge >= 0.3 is 5.97 Å². The van der Waals surface area contributed by atoms with Crippen molar-refractivity contribution in [1.82, 2.24) is 0 Å². The number of benzene rings is 1. The van der Waals surface area contributed by atoms with E-state index in [1.165, 1.54) is 6.07 Å². The summed E-state index contributed by atoms with van der Waals surface area (Å²) in [5.74, 6) is -1.96. The molecule has 0 aliphatic rings.